The molecule has 27 heavy (non-hydrogen) atoms. The molecule has 0 radical (unpaired) electrons. The van der Waals surface area contributed by atoms with Crippen LogP contribution in [-0.2, 0) is 9.47 Å². The van der Waals surface area contributed by atoms with Crippen molar-refractivity contribution in [1.29, 1.82) is 0 Å². The maximum absolute atomic E-state index is 14.1. The SMILES string of the molecule is CC/C=C(\CBr)c1ccc(C2CN(C(=O)OC(C)(C)C)CC(F)(F)CO2)s1. The first kappa shape index (κ1) is 22.3. The highest BCUT2D eigenvalue weighted by atomic mass is 79.9. The molecule has 1 amide bonds. The van der Waals surface area contributed by atoms with E-state index in [0.29, 0.717) is 5.33 Å². The van der Waals surface area contributed by atoms with E-state index in [1.807, 2.05) is 12.1 Å². The Kier molecular flexibility index (Phi) is 7.44. The minimum Gasteiger partial charge on any atom is -0.444 e. The molecule has 1 aliphatic rings. The van der Waals surface area contributed by atoms with Crippen molar-refractivity contribution in [1.82, 2.24) is 4.90 Å². The summed E-state index contributed by atoms with van der Waals surface area (Å²) in [6.07, 6.45) is 1.68. The molecule has 4 nitrogen and oxygen atoms in total. The fraction of sp³-hybridized carbons (Fsp3) is 0.632. The van der Waals surface area contributed by atoms with Crippen LogP contribution in [0.4, 0.5) is 13.6 Å². The molecule has 1 saturated heterocycles. The Balaban J connectivity index is 2.23. The van der Waals surface area contributed by atoms with Crippen molar-refractivity contribution in [3.05, 3.63) is 28.0 Å². The van der Waals surface area contributed by atoms with Crippen LogP contribution in [0.15, 0.2) is 18.2 Å². The number of carbonyl (C=O) groups is 1. The van der Waals surface area contributed by atoms with Gasteiger partial charge in [0.15, 0.2) is 0 Å². The van der Waals surface area contributed by atoms with E-state index in [9.17, 15) is 13.6 Å². The third-order valence-corrected chi connectivity index (χ3v) is 5.67. The summed E-state index contributed by atoms with van der Waals surface area (Å²) in [6.45, 7) is 5.80. The third kappa shape index (κ3) is 6.54. The standard InChI is InChI=1S/C19H26BrF2NO3S/c1-5-6-13(9-20)15-7-8-16(27-15)14-10-23(11-19(21,22)12-25-14)17(24)26-18(2,3)4/h6-8,14H,5,9-12H2,1-4H3/b13-6+. The molecule has 1 atom stereocenters. The molecule has 8 heteroatoms. The summed E-state index contributed by atoms with van der Waals surface area (Å²) in [5.41, 5.74) is 0.401. The molecule has 152 valence electrons. The van der Waals surface area contributed by atoms with Gasteiger partial charge in [-0.1, -0.05) is 28.9 Å². The second-order valence-corrected chi connectivity index (χ2v) is 9.17. The van der Waals surface area contributed by atoms with Gasteiger partial charge in [-0.3, -0.25) is 4.90 Å². The Hall–Kier alpha value is -0.990. The van der Waals surface area contributed by atoms with E-state index in [-0.39, 0.29) is 6.54 Å². The Morgan fingerprint density at radius 3 is 2.78 bits per heavy atom. The van der Waals surface area contributed by atoms with Crippen LogP contribution >= 0.6 is 27.3 Å². The van der Waals surface area contributed by atoms with Gasteiger partial charge in [0.05, 0.1) is 13.1 Å². The maximum atomic E-state index is 14.1. The lowest BCUT2D eigenvalue weighted by Crippen LogP contribution is -2.43. The number of halogens is 3. The number of nitrogens with zero attached hydrogens (tertiary/aromatic N) is 1. The predicted octanol–water partition coefficient (Wildman–Crippen LogP) is 5.88. The summed E-state index contributed by atoms with van der Waals surface area (Å²) in [7, 11) is 0. The van der Waals surface area contributed by atoms with Crippen LogP contribution in [0.25, 0.3) is 5.57 Å². The number of hydrogen-bond acceptors (Lipinski definition) is 4. The molecular weight excluding hydrogens is 440 g/mol. The van der Waals surface area contributed by atoms with Crippen LogP contribution in [0, 0.1) is 0 Å². The zero-order valence-corrected chi connectivity index (χ0v) is 18.5. The number of carbonyl (C=O) groups excluding carboxylic acids is 1. The molecule has 1 aliphatic heterocycles. The van der Waals surface area contributed by atoms with Gasteiger partial charge in [-0.05, 0) is 44.9 Å². The van der Waals surface area contributed by atoms with E-state index in [4.69, 9.17) is 9.47 Å². The second-order valence-electron chi connectivity index (χ2n) is 7.49. The highest BCUT2D eigenvalue weighted by molar-refractivity contribution is 9.09. The van der Waals surface area contributed by atoms with Gasteiger partial charge in [0.1, 0.15) is 18.3 Å². The molecular formula is C19H26BrF2NO3S. The van der Waals surface area contributed by atoms with Gasteiger partial charge in [-0.15, -0.1) is 11.3 Å². The van der Waals surface area contributed by atoms with Gasteiger partial charge in [0.2, 0.25) is 0 Å². The topological polar surface area (TPSA) is 38.8 Å². The highest BCUT2D eigenvalue weighted by Gasteiger charge is 2.41. The molecule has 0 bridgehead atoms. The van der Waals surface area contributed by atoms with Gasteiger partial charge in [-0.25, -0.2) is 13.6 Å². The van der Waals surface area contributed by atoms with E-state index in [2.05, 4.69) is 28.9 Å². The zero-order valence-electron chi connectivity index (χ0n) is 16.1. The fourth-order valence-corrected chi connectivity index (χ4v) is 4.47. The smallest absolute Gasteiger partial charge is 0.410 e. The lowest BCUT2D eigenvalue weighted by Gasteiger charge is -2.28. The fourth-order valence-electron chi connectivity index (χ4n) is 2.67. The normalized spacial score (nSPS) is 21.1. The molecule has 1 aromatic heterocycles. The van der Waals surface area contributed by atoms with Gasteiger partial charge in [-0.2, -0.15) is 0 Å². The first-order valence-electron chi connectivity index (χ1n) is 8.87. The van der Waals surface area contributed by atoms with Crippen molar-refractivity contribution in [2.24, 2.45) is 0 Å². The monoisotopic (exact) mass is 465 g/mol. The van der Waals surface area contributed by atoms with Crippen molar-refractivity contribution < 1.29 is 23.0 Å². The number of ether oxygens (including phenoxy) is 2. The average Bonchev–Trinajstić information content (AvgIpc) is 2.96. The van der Waals surface area contributed by atoms with Gasteiger partial charge >= 0.3 is 6.09 Å². The number of alkyl halides is 3. The Morgan fingerprint density at radius 2 is 2.19 bits per heavy atom. The van der Waals surface area contributed by atoms with Crippen LogP contribution in [0.3, 0.4) is 0 Å². The van der Waals surface area contributed by atoms with Crippen molar-refractivity contribution in [2.75, 3.05) is 25.0 Å². The molecule has 2 heterocycles. The predicted molar refractivity (Wildman–Crippen MR) is 108 cm³/mol. The zero-order chi connectivity index (χ0) is 20.2. The number of amides is 1. The van der Waals surface area contributed by atoms with Crippen LogP contribution in [-0.4, -0.2) is 47.5 Å². The van der Waals surface area contributed by atoms with Gasteiger partial charge in [0.25, 0.3) is 5.92 Å². The lowest BCUT2D eigenvalue weighted by atomic mass is 10.2. The first-order valence-corrected chi connectivity index (χ1v) is 10.8. The summed E-state index contributed by atoms with van der Waals surface area (Å²) in [5, 5.41) is 0.717. The largest absolute Gasteiger partial charge is 0.444 e. The number of allylic oxidation sites excluding steroid dienone is 2. The Morgan fingerprint density at radius 1 is 1.48 bits per heavy atom. The molecule has 0 spiro atoms. The van der Waals surface area contributed by atoms with E-state index in [0.717, 1.165) is 26.6 Å². The molecule has 0 N–H and O–H groups in total. The van der Waals surface area contributed by atoms with Gasteiger partial charge < -0.3 is 9.47 Å². The quantitative estimate of drug-likeness (QED) is 0.521. The highest BCUT2D eigenvalue weighted by Crippen LogP contribution is 2.35. The van der Waals surface area contributed by atoms with Crippen LogP contribution in [0.5, 0.6) is 0 Å². The summed E-state index contributed by atoms with van der Waals surface area (Å²) in [6, 6.07) is 3.85. The van der Waals surface area contributed by atoms with Crippen molar-refractivity contribution in [3.63, 3.8) is 0 Å². The molecule has 1 aromatic rings. The molecule has 0 aromatic carbocycles. The first-order chi connectivity index (χ1) is 12.5. The molecule has 0 aliphatic carbocycles. The second kappa shape index (κ2) is 9.01. The summed E-state index contributed by atoms with van der Waals surface area (Å²) in [5.74, 6) is -3.12. The van der Waals surface area contributed by atoms with E-state index in [1.165, 1.54) is 11.3 Å². The van der Waals surface area contributed by atoms with E-state index >= 15 is 0 Å². The number of rotatable bonds is 4. The minimum atomic E-state index is -3.12. The van der Waals surface area contributed by atoms with E-state index in [1.54, 1.807) is 20.8 Å². The summed E-state index contributed by atoms with van der Waals surface area (Å²) >= 11 is 4.98. The average molecular weight is 466 g/mol. The molecule has 1 fully saturated rings. The van der Waals surface area contributed by atoms with Crippen molar-refractivity contribution >= 4 is 38.9 Å². The van der Waals surface area contributed by atoms with Crippen LogP contribution < -0.4 is 0 Å². The van der Waals surface area contributed by atoms with E-state index < -0.39 is 36.9 Å². The van der Waals surface area contributed by atoms with Crippen LogP contribution in [0.2, 0.25) is 0 Å². The Labute approximate surface area is 171 Å². The third-order valence-electron chi connectivity index (χ3n) is 3.81. The molecule has 0 saturated carbocycles. The summed E-state index contributed by atoms with van der Waals surface area (Å²) in [4.78, 5) is 15.3. The summed E-state index contributed by atoms with van der Waals surface area (Å²) < 4.78 is 39.0. The van der Waals surface area contributed by atoms with Crippen LogP contribution in [0.1, 0.15) is 50.0 Å². The minimum absolute atomic E-state index is 0.0333. The Bertz CT molecular complexity index is 685. The molecule has 1 unspecified atom stereocenters. The number of thiophene rings is 1. The molecule has 2 rings (SSSR count). The van der Waals surface area contributed by atoms with Gasteiger partial charge in [0, 0.05) is 15.1 Å². The maximum Gasteiger partial charge on any atom is 0.410 e. The van der Waals surface area contributed by atoms with Crippen molar-refractivity contribution in [2.45, 2.75) is 51.7 Å². The lowest BCUT2D eigenvalue weighted by molar-refractivity contribution is -0.0826. The number of hydrogen-bond donors (Lipinski definition) is 0. The van der Waals surface area contributed by atoms with Crippen molar-refractivity contribution in [3.8, 4) is 0 Å².